The Balaban J connectivity index is 1.67. The van der Waals surface area contributed by atoms with Gasteiger partial charge in [0.15, 0.2) is 5.82 Å². The molecule has 1 aromatic carbocycles. The fraction of sp³-hybridized carbons (Fsp3) is 0.500. The van der Waals surface area contributed by atoms with Crippen molar-refractivity contribution in [1.29, 1.82) is 0 Å². The van der Waals surface area contributed by atoms with Gasteiger partial charge in [-0.15, -0.1) is 0 Å². The normalized spacial score (nSPS) is 20.5. The molecule has 1 aliphatic heterocycles. The molecule has 4 rings (SSSR count). The average Bonchev–Trinajstić information content (AvgIpc) is 3.10. The second-order valence-corrected chi connectivity index (χ2v) is 6.95. The highest BCUT2D eigenvalue weighted by Gasteiger charge is 2.44. The second kappa shape index (κ2) is 5.13. The van der Waals surface area contributed by atoms with Crippen LogP contribution in [-0.4, -0.2) is 23.2 Å². The van der Waals surface area contributed by atoms with Gasteiger partial charge in [-0.3, -0.25) is 0 Å². The smallest absolute Gasteiger partial charge is 0.324 e. The highest BCUT2D eigenvalue weighted by molar-refractivity contribution is 9.10. The van der Waals surface area contributed by atoms with Crippen LogP contribution in [0.3, 0.4) is 0 Å². The van der Waals surface area contributed by atoms with E-state index in [1.165, 1.54) is 24.8 Å². The van der Waals surface area contributed by atoms with E-state index in [-0.39, 0.29) is 5.41 Å². The Bertz CT molecular complexity index is 627. The summed E-state index contributed by atoms with van der Waals surface area (Å²) in [6.07, 6.45) is 5.87. The fourth-order valence-electron chi connectivity index (χ4n) is 3.39. The van der Waals surface area contributed by atoms with E-state index in [2.05, 4.69) is 50.3 Å². The summed E-state index contributed by atoms with van der Waals surface area (Å²) in [5.74, 6) is 0.859. The molecule has 0 radical (unpaired) electrons. The number of aromatic nitrogens is 2. The van der Waals surface area contributed by atoms with Crippen molar-refractivity contribution in [3.8, 4) is 0 Å². The molecular weight excluding hydrogens is 330 g/mol. The van der Waals surface area contributed by atoms with Gasteiger partial charge in [0.05, 0.1) is 5.41 Å². The Morgan fingerprint density at radius 3 is 2.38 bits per heavy atom. The van der Waals surface area contributed by atoms with E-state index in [4.69, 9.17) is 9.51 Å². The number of halogens is 1. The molecule has 0 amide bonds. The van der Waals surface area contributed by atoms with Crippen LogP contribution >= 0.6 is 15.9 Å². The molecule has 0 unspecified atom stereocenters. The van der Waals surface area contributed by atoms with Crippen molar-refractivity contribution in [3.63, 3.8) is 0 Å². The summed E-state index contributed by atoms with van der Waals surface area (Å²) in [7, 11) is 0. The van der Waals surface area contributed by atoms with Gasteiger partial charge in [-0.1, -0.05) is 39.6 Å². The van der Waals surface area contributed by atoms with Crippen LogP contribution in [0.15, 0.2) is 33.3 Å². The van der Waals surface area contributed by atoms with E-state index < -0.39 is 0 Å². The molecule has 2 aliphatic rings. The first-order valence-electron chi connectivity index (χ1n) is 7.63. The molecule has 2 fully saturated rings. The van der Waals surface area contributed by atoms with Crippen LogP contribution < -0.4 is 4.90 Å². The number of rotatable bonds is 3. The molecule has 1 saturated heterocycles. The van der Waals surface area contributed by atoms with Gasteiger partial charge in [0.25, 0.3) is 0 Å². The van der Waals surface area contributed by atoms with Crippen molar-refractivity contribution >= 4 is 21.9 Å². The molecule has 5 heteroatoms. The zero-order valence-corrected chi connectivity index (χ0v) is 13.5. The topological polar surface area (TPSA) is 42.2 Å². The first kappa shape index (κ1) is 13.3. The van der Waals surface area contributed by atoms with Gasteiger partial charge in [-0.2, -0.15) is 4.98 Å². The fourth-order valence-corrected chi connectivity index (χ4v) is 3.65. The summed E-state index contributed by atoms with van der Waals surface area (Å²) in [5, 5.41) is 4.31. The number of anilines is 1. The SMILES string of the molecule is Brc1ccc(C2(c3noc(N4CCCC4)n3)CCC2)cc1. The Morgan fingerprint density at radius 2 is 1.76 bits per heavy atom. The lowest BCUT2D eigenvalue weighted by Gasteiger charge is -2.39. The van der Waals surface area contributed by atoms with Gasteiger partial charge in [-0.25, -0.2) is 0 Å². The lowest BCUT2D eigenvalue weighted by Crippen LogP contribution is -2.36. The monoisotopic (exact) mass is 347 g/mol. The lowest BCUT2D eigenvalue weighted by atomic mass is 9.64. The van der Waals surface area contributed by atoms with Crippen LogP contribution in [0.5, 0.6) is 0 Å². The highest BCUT2D eigenvalue weighted by atomic mass is 79.9. The summed E-state index contributed by atoms with van der Waals surface area (Å²) in [6.45, 7) is 2.07. The third-order valence-electron chi connectivity index (χ3n) is 4.82. The molecule has 1 saturated carbocycles. The number of hydrogen-bond donors (Lipinski definition) is 0. The van der Waals surface area contributed by atoms with E-state index in [0.29, 0.717) is 6.01 Å². The molecule has 0 bridgehead atoms. The molecule has 0 N–H and O–H groups in total. The quantitative estimate of drug-likeness (QED) is 0.844. The minimum Gasteiger partial charge on any atom is -0.324 e. The van der Waals surface area contributed by atoms with Crippen molar-refractivity contribution in [3.05, 3.63) is 40.1 Å². The lowest BCUT2D eigenvalue weighted by molar-refractivity contribution is 0.272. The predicted octanol–water partition coefficient (Wildman–Crippen LogP) is 3.90. The molecule has 0 atom stereocenters. The van der Waals surface area contributed by atoms with Gasteiger partial charge < -0.3 is 9.42 Å². The van der Waals surface area contributed by atoms with E-state index in [0.717, 1.165) is 36.2 Å². The maximum atomic E-state index is 5.53. The molecular formula is C16H18BrN3O. The molecule has 1 aromatic heterocycles. The second-order valence-electron chi connectivity index (χ2n) is 6.04. The standard InChI is InChI=1S/C16H18BrN3O/c17-13-6-4-12(5-7-13)16(8-3-9-16)14-18-15(21-19-14)20-10-1-2-11-20/h4-7H,1-3,8-11H2. The molecule has 2 heterocycles. The summed E-state index contributed by atoms with van der Waals surface area (Å²) in [5.41, 5.74) is 1.26. The van der Waals surface area contributed by atoms with E-state index in [1.54, 1.807) is 0 Å². The first-order valence-corrected chi connectivity index (χ1v) is 8.42. The third kappa shape index (κ3) is 2.18. The number of hydrogen-bond acceptors (Lipinski definition) is 4. The van der Waals surface area contributed by atoms with Crippen LogP contribution in [0.1, 0.15) is 43.5 Å². The Morgan fingerprint density at radius 1 is 1.05 bits per heavy atom. The van der Waals surface area contributed by atoms with Crippen molar-refractivity contribution in [1.82, 2.24) is 10.1 Å². The number of nitrogens with zero attached hydrogens (tertiary/aromatic N) is 3. The highest BCUT2D eigenvalue weighted by Crippen LogP contribution is 2.48. The summed E-state index contributed by atoms with van der Waals surface area (Å²) in [4.78, 5) is 6.92. The first-order chi connectivity index (χ1) is 10.3. The van der Waals surface area contributed by atoms with Crippen molar-refractivity contribution in [2.75, 3.05) is 18.0 Å². The van der Waals surface area contributed by atoms with Gasteiger partial charge in [-0.05, 0) is 43.4 Å². The maximum Gasteiger partial charge on any atom is 0.324 e. The van der Waals surface area contributed by atoms with Crippen molar-refractivity contribution in [2.45, 2.75) is 37.5 Å². The molecule has 4 nitrogen and oxygen atoms in total. The zero-order chi connectivity index (χ0) is 14.3. The van der Waals surface area contributed by atoms with Crippen LogP contribution in [-0.2, 0) is 5.41 Å². The Hall–Kier alpha value is -1.36. The Labute approximate surface area is 132 Å². The largest absolute Gasteiger partial charge is 0.324 e. The van der Waals surface area contributed by atoms with Crippen LogP contribution in [0.4, 0.5) is 6.01 Å². The zero-order valence-electron chi connectivity index (χ0n) is 11.9. The maximum absolute atomic E-state index is 5.53. The van der Waals surface area contributed by atoms with Crippen LogP contribution in [0.2, 0.25) is 0 Å². The summed E-state index contributed by atoms with van der Waals surface area (Å²) < 4.78 is 6.63. The van der Waals surface area contributed by atoms with Gasteiger partial charge in [0, 0.05) is 17.6 Å². The van der Waals surface area contributed by atoms with E-state index >= 15 is 0 Å². The van der Waals surface area contributed by atoms with Crippen LogP contribution in [0.25, 0.3) is 0 Å². The molecule has 0 spiro atoms. The Kier molecular flexibility index (Phi) is 3.25. The minimum atomic E-state index is -0.0395. The van der Waals surface area contributed by atoms with Crippen molar-refractivity contribution < 1.29 is 4.52 Å². The van der Waals surface area contributed by atoms with Gasteiger partial charge in [0.1, 0.15) is 0 Å². The molecule has 21 heavy (non-hydrogen) atoms. The molecule has 110 valence electrons. The molecule has 2 aromatic rings. The van der Waals surface area contributed by atoms with E-state index in [9.17, 15) is 0 Å². The summed E-state index contributed by atoms with van der Waals surface area (Å²) >= 11 is 3.50. The van der Waals surface area contributed by atoms with Gasteiger partial charge in [0.2, 0.25) is 0 Å². The third-order valence-corrected chi connectivity index (χ3v) is 5.35. The van der Waals surface area contributed by atoms with Gasteiger partial charge >= 0.3 is 6.01 Å². The minimum absolute atomic E-state index is 0.0395. The van der Waals surface area contributed by atoms with Crippen LogP contribution in [0, 0.1) is 0 Å². The van der Waals surface area contributed by atoms with Crippen molar-refractivity contribution in [2.24, 2.45) is 0 Å². The average molecular weight is 348 g/mol. The van der Waals surface area contributed by atoms with E-state index in [1.807, 2.05) is 0 Å². The number of benzene rings is 1. The predicted molar refractivity (Wildman–Crippen MR) is 84.5 cm³/mol. The summed E-state index contributed by atoms with van der Waals surface area (Å²) in [6, 6.07) is 9.24. The molecule has 1 aliphatic carbocycles.